The van der Waals surface area contributed by atoms with Crippen molar-refractivity contribution >= 4 is 46.1 Å². The number of primary amides is 1. The van der Waals surface area contributed by atoms with Crippen LogP contribution in [0.5, 0.6) is 17.2 Å². The first-order valence-corrected chi connectivity index (χ1v) is 12.4. The first-order valence-electron chi connectivity index (χ1n) is 12.0. The molecule has 0 saturated heterocycles. The standard InChI is InChI=1S/C28H26ClN5O5/c1-15-25(27(36)32-20-13-22(37-2)18(29)12-23(20)38-3)26(16-8-10-17(11-9-16)39-14-24(30)35)34-21-7-5-4-6-19(21)33-28(34)31-15/h4-13,26H,14H2,1-3H3,(H2,30,35)(H,31,33)(H,32,36)/t26-/m1/s1. The first kappa shape index (κ1) is 25.9. The molecular formula is C28H26ClN5O5. The van der Waals surface area contributed by atoms with Crippen LogP contribution in [0, 0.1) is 0 Å². The molecule has 0 aliphatic carbocycles. The monoisotopic (exact) mass is 547 g/mol. The summed E-state index contributed by atoms with van der Waals surface area (Å²) in [6, 6.07) is 17.5. The molecule has 4 N–H and O–H groups in total. The quantitative estimate of drug-likeness (QED) is 0.296. The lowest BCUT2D eigenvalue weighted by Crippen LogP contribution is -2.31. The van der Waals surface area contributed by atoms with E-state index in [1.165, 1.54) is 14.2 Å². The van der Waals surface area contributed by atoms with E-state index < -0.39 is 11.9 Å². The molecule has 1 aliphatic heterocycles. The van der Waals surface area contributed by atoms with E-state index in [4.69, 9.17) is 36.5 Å². The second-order valence-corrected chi connectivity index (χ2v) is 9.23. The molecule has 0 bridgehead atoms. The number of imidazole rings is 1. The van der Waals surface area contributed by atoms with Crippen molar-refractivity contribution in [3.63, 3.8) is 0 Å². The van der Waals surface area contributed by atoms with Crippen molar-refractivity contribution in [1.29, 1.82) is 0 Å². The van der Waals surface area contributed by atoms with Gasteiger partial charge in [-0.05, 0) is 36.8 Å². The number of fused-ring (bicyclic) bond motifs is 3. The Morgan fingerprint density at radius 1 is 1.08 bits per heavy atom. The van der Waals surface area contributed by atoms with E-state index >= 15 is 0 Å². The van der Waals surface area contributed by atoms with Crippen LogP contribution in [-0.4, -0.2) is 42.2 Å². The second-order valence-electron chi connectivity index (χ2n) is 8.83. The number of amides is 2. The topological polar surface area (TPSA) is 130 Å². The predicted molar refractivity (Wildman–Crippen MR) is 149 cm³/mol. The number of hydrogen-bond acceptors (Lipinski definition) is 7. The number of carbonyl (C=O) groups excluding carboxylic acids is 2. The van der Waals surface area contributed by atoms with Crippen LogP contribution in [0.15, 0.2) is 71.9 Å². The summed E-state index contributed by atoms with van der Waals surface area (Å²) in [4.78, 5) is 29.9. The van der Waals surface area contributed by atoms with E-state index in [0.717, 1.165) is 16.6 Å². The van der Waals surface area contributed by atoms with E-state index in [1.807, 2.05) is 47.9 Å². The fourth-order valence-electron chi connectivity index (χ4n) is 4.62. The summed E-state index contributed by atoms with van der Waals surface area (Å²) in [5.41, 5.74) is 9.14. The van der Waals surface area contributed by atoms with Gasteiger partial charge in [0, 0.05) is 17.8 Å². The van der Waals surface area contributed by atoms with Gasteiger partial charge in [0.1, 0.15) is 17.2 Å². The molecule has 39 heavy (non-hydrogen) atoms. The zero-order valence-electron chi connectivity index (χ0n) is 21.4. The molecule has 10 nitrogen and oxygen atoms in total. The van der Waals surface area contributed by atoms with Crippen LogP contribution in [-0.2, 0) is 9.59 Å². The van der Waals surface area contributed by atoms with Gasteiger partial charge < -0.3 is 30.6 Å². The van der Waals surface area contributed by atoms with E-state index in [0.29, 0.717) is 45.2 Å². The lowest BCUT2D eigenvalue weighted by molar-refractivity contribution is -0.120. The normalized spacial score (nSPS) is 14.4. The Morgan fingerprint density at radius 3 is 2.49 bits per heavy atom. The predicted octanol–water partition coefficient (Wildman–Crippen LogP) is 4.50. The third-order valence-corrected chi connectivity index (χ3v) is 6.67. The average Bonchev–Trinajstić information content (AvgIpc) is 3.29. The molecule has 200 valence electrons. The number of nitrogens with zero attached hydrogens (tertiary/aromatic N) is 2. The lowest BCUT2D eigenvalue weighted by atomic mass is 9.94. The van der Waals surface area contributed by atoms with E-state index in [1.54, 1.807) is 24.3 Å². The Balaban J connectivity index is 1.60. The summed E-state index contributed by atoms with van der Waals surface area (Å²) in [7, 11) is 2.99. The number of hydrogen-bond donors (Lipinski definition) is 3. The molecule has 0 saturated carbocycles. The third-order valence-electron chi connectivity index (χ3n) is 6.37. The van der Waals surface area contributed by atoms with Crippen molar-refractivity contribution in [1.82, 2.24) is 9.55 Å². The minimum Gasteiger partial charge on any atom is -0.495 e. The van der Waals surface area contributed by atoms with Crippen molar-refractivity contribution < 1.29 is 23.8 Å². The van der Waals surface area contributed by atoms with Crippen LogP contribution in [0.25, 0.3) is 11.0 Å². The lowest BCUT2D eigenvalue weighted by Gasteiger charge is -2.31. The molecule has 1 aliphatic rings. The molecule has 0 radical (unpaired) electrons. The number of carbonyl (C=O) groups is 2. The minimum atomic E-state index is -0.571. The van der Waals surface area contributed by atoms with Gasteiger partial charge in [0.05, 0.1) is 47.6 Å². The van der Waals surface area contributed by atoms with Gasteiger partial charge in [0.25, 0.3) is 11.8 Å². The van der Waals surface area contributed by atoms with Crippen molar-refractivity contribution in [2.24, 2.45) is 5.73 Å². The Kier molecular flexibility index (Phi) is 7.03. The van der Waals surface area contributed by atoms with Gasteiger partial charge in [-0.3, -0.25) is 14.2 Å². The second kappa shape index (κ2) is 10.6. The van der Waals surface area contributed by atoms with Crippen molar-refractivity contribution in [2.75, 3.05) is 31.5 Å². The summed E-state index contributed by atoms with van der Waals surface area (Å²) < 4.78 is 18.2. The largest absolute Gasteiger partial charge is 0.495 e. The number of nitrogens with one attached hydrogen (secondary N) is 2. The molecule has 2 amide bonds. The Labute approximate surface area is 229 Å². The Hall–Kier alpha value is -4.70. The molecule has 0 fully saturated rings. The fraction of sp³-hybridized carbons (Fsp3) is 0.179. The van der Waals surface area contributed by atoms with Crippen LogP contribution in [0.4, 0.5) is 11.6 Å². The molecule has 1 aromatic heterocycles. The smallest absolute Gasteiger partial charge is 0.255 e. The summed E-state index contributed by atoms with van der Waals surface area (Å²) >= 11 is 6.26. The molecule has 0 spiro atoms. The highest BCUT2D eigenvalue weighted by Gasteiger charge is 2.34. The highest BCUT2D eigenvalue weighted by molar-refractivity contribution is 6.32. The molecule has 2 heterocycles. The summed E-state index contributed by atoms with van der Waals surface area (Å²) in [6.07, 6.45) is 0. The van der Waals surface area contributed by atoms with Crippen molar-refractivity contribution in [3.8, 4) is 17.2 Å². The van der Waals surface area contributed by atoms with Gasteiger partial charge >= 0.3 is 0 Å². The third kappa shape index (κ3) is 4.94. The molecule has 11 heteroatoms. The number of allylic oxidation sites excluding steroid dienone is 1. The van der Waals surface area contributed by atoms with Gasteiger partial charge in [-0.15, -0.1) is 0 Å². The summed E-state index contributed by atoms with van der Waals surface area (Å²) in [6.45, 7) is 1.59. The maximum atomic E-state index is 14.0. The minimum absolute atomic E-state index is 0.234. The van der Waals surface area contributed by atoms with Crippen molar-refractivity contribution in [2.45, 2.75) is 13.0 Å². The maximum absolute atomic E-state index is 14.0. The number of benzene rings is 3. The van der Waals surface area contributed by atoms with Gasteiger partial charge in [0.15, 0.2) is 6.61 Å². The van der Waals surface area contributed by atoms with Crippen LogP contribution in [0.1, 0.15) is 18.5 Å². The SMILES string of the molecule is COc1cc(NC(=O)C2=C(C)Nc3nc4ccccc4n3[C@@H]2c2ccc(OCC(N)=O)cc2)c(OC)cc1Cl. The van der Waals surface area contributed by atoms with Crippen molar-refractivity contribution in [3.05, 3.63) is 82.5 Å². The average molecular weight is 548 g/mol. The number of ether oxygens (including phenoxy) is 3. The zero-order valence-corrected chi connectivity index (χ0v) is 22.2. The molecular weight excluding hydrogens is 522 g/mol. The Morgan fingerprint density at radius 2 is 1.79 bits per heavy atom. The van der Waals surface area contributed by atoms with Gasteiger partial charge in [-0.25, -0.2) is 4.98 Å². The number of rotatable bonds is 8. The number of aromatic nitrogens is 2. The highest BCUT2D eigenvalue weighted by atomic mass is 35.5. The first-order chi connectivity index (χ1) is 18.8. The molecule has 3 aromatic carbocycles. The molecule has 0 unspecified atom stereocenters. The van der Waals surface area contributed by atoms with Gasteiger partial charge in [-0.1, -0.05) is 35.9 Å². The van der Waals surface area contributed by atoms with Crippen LogP contribution in [0.3, 0.4) is 0 Å². The van der Waals surface area contributed by atoms with Crippen LogP contribution < -0.4 is 30.6 Å². The molecule has 5 rings (SSSR count). The number of halogens is 1. The van der Waals surface area contributed by atoms with E-state index in [-0.39, 0.29) is 12.5 Å². The molecule has 4 aromatic rings. The highest BCUT2D eigenvalue weighted by Crippen LogP contribution is 2.41. The van der Waals surface area contributed by atoms with E-state index in [9.17, 15) is 9.59 Å². The Bertz CT molecular complexity index is 1610. The zero-order chi connectivity index (χ0) is 27.7. The van der Waals surface area contributed by atoms with Gasteiger partial charge in [-0.2, -0.15) is 0 Å². The summed E-state index contributed by atoms with van der Waals surface area (Å²) in [5.74, 6) is 0.939. The van der Waals surface area contributed by atoms with Crippen LogP contribution in [0.2, 0.25) is 5.02 Å². The molecule has 1 atom stereocenters. The fourth-order valence-corrected chi connectivity index (χ4v) is 4.85. The number of anilines is 2. The van der Waals surface area contributed by atoms with Gasteiger partial charge in [0.2, 0.25) is 5.95 Å². The number of nitrogens with two attached hydrogens (primary N) is 1. The summed E-state index contributed by atoms with van der Waals surface area (Å²) in [5, 5.41) is 6.61. The van der Waals surface area contributed by atoms with Crippen LogP contribution >= 0.6 is 11.6 Å². The number of para-hydroxylation sites is 2. The maximum Gasteiger partial charge on any atom is 0.255 e. The van der Waals surface area contributed by atoms with E-state index in [2.05, 4.69) is 10.6 Å². The number of methoxy groups -OCH3 is 2.